The van der Waals surface area contributed by atoms with E-state index in [1.165, 1.54) is 11.3 Å². The van der Waals surface area contributed by atoms with Crippen molar-refractivity contribution < 1.29 is 14.7 Å². The maximum Gasteiger partial charge on any atom is 0.256 e. The van der Waals surface area contributed by atoms with Crippen molar-refractivity contribution in [1.29, 1.82) is 0 Å². The summed E-state index contributed by atoms with van der Waals surface area (Å²) in [7, 11) is 0. The van der Waals surface area contributed by atoms with Crippen LogP contribution in [0.5, 0.6) is 0 Å². The third kappa shape index (κ3) is 3.11. The Hall–Kier alpha value is -1.88. The quantitative estimate of drug-likeness (QED) is 0.897. The highest BCUT2D eigenvalue weighted by Crippen LogP contribution is 2.32. The molecule has 0 aromatic heterocycles. The Kier molecular flexibility index (Phi) is 4.66. The molecule has 5 heteroatoms. The third-order valence-corrected chi connectivity index (χ3v) is 4.79. The first kappa shape index (κ1) is 16.0. The third-order valence-electron chi connectivity index (χ3n) is 4.79. The Balaban J connectivity index is 1.76. The van der Waals surface area contributed by atoms with Gasteiger partial charge in [0.15, 0.2) is 6.23 Å². The van der Waals surface area contributed by atoms with Crippen molar-refractivity contribution in [3.05, 3.63) is 34.9 Å². The van der Waals surface area contributed by atoms with Gasteiger partial charge in [-0.05, 0) is 31.4 Å². The van der Waals surface area contributed by atoms with Gasteiger partial charge in [0, 0.05) is 29.3 Å². The molecule has 2 aliphatic rings. The molecule has 23 heavy (non-hydrogen) atoms. The molecule has 1 aliphatic carbocycles. The summed E-state index contributed by atoms with van der Waals surface area (Å²) in [4.78, 5) is 26.3. The summed E-state index contributed by atoms with van der Waals surface area (Å²) in [6.45, 7) is 2.48. The molecule has 0 saturated heterocycles. The summed E-state index contributed by atoms with van der Waals surface area (Å²) >= 11 is 0. The van der Waals surface area contributed by atoms with Gasteiger partial charge in [0.25, 0.3) is 11.8 Å². The molecule has 124 valence electrons. The molecule has 1 aromatic carbocycles. The molecule has 5 nitrogen and oxygen atoms in total. The number of nitrogens with one attached hydrogen (secondary N) is 1. The summed E-state index contributed by atoms with van der Waals surface area (Å²) in [5.41, 5.74) is 1.54. The number of fused-ring (bicyclic) bond motifs is 1. The maximum atomic E-state index is 12.4. The zero-order valence-electron chi connectivity index (χ0n) is 13.5. The Labute approximate surface area is 136 Å². The second-order valence-electron chi connectivity index (χ2n) is 6.48. The molecule has 2 amide bonds. The number of nitrogens with zero attached hydrogens (tertiary/aromatic N) is 1. The lowest BCUT2D eigenvalue weighted by Crippen LogP contribution is -2.36. The van der Waals surface area contributed by atoms with Crippen LogP contribution >= 0.6 is 0 Å². The predicted molar refractivity (Wildman–Crippen MR) is 87.1 cm³/mol. The Morgan fingerprint density at radius 1 is 1.30 bits per heavy atom. The molecule has 1 atom stereocenters. The van der Waals surface area contributed by atoms with E-state index >= 15 is 0 Å². The van der Waals surface area contributed by atoms with E-state index < -0.39 is 6.23 Å². The van der Waals surface area contributed by atoms with E-state index in [9.17, 15) is 14.7 Å². The zero-order valence-corrected chi connectivity index (χ0v) is 13.5. The van der Waals surface area contributed by atoms with Gasteiger partial charge >= 0.3 is 0 Å². The summed E-state index contributed by atoms with van der Waals surface area (Å²) < 4.78 is 0. The number of hydrogen-bond donors (Lipinski definition) is 2. The van der Waals surface area contributed by atoms with E-state index in [0.29, 0.717) is 23.2 Å². The molecule has 0 bridgehead atoms. The highest BCUT2D eigenvalue weighted by atomic mass is 16.3. The fourth-order valence-corrected chi connectivity index (χ4v) is 3.52. The van der Waals surface area contributed by atoms with E-state index in [-0.39, 0.29) is 17.9 Å². The molecule has 1 unspecified atom stereocenters. The number of benzene rings is 1. The number of carbonyl (C=O) groups is 2. The average Bonchev–Trinajstić information content (AvgIpc) is 2.81. The minimum absolute atomic E-state index is 0.129. The van der Waals surface area contributed by atoms with Crippen molar-refractivity contribution in [3.8, 4) is 0 Å². The van der Waals surface area contributed by atoms with Crippen molar-refractivity contribution >= 4 is 11.8 Å². The number of aliphatic hydroxyl groups is 1. The summed E-state index contributed by atoms with van der Waals surface area (Å²) in [5, 5.41) is 13.3. The first-order valence-electron chi connectivity index (χ1n) is 8.55. The Morgan fingerprint density at radius 3 is 2.74 bits per heavy atom. The lowest BCUT2D eigenvalue weighted by molar-refractivity contribution is 0.0177. The van der Waals surface area contributed by atoms with Crippen molar-refractivity contribution in [3.63, 3.8) is 0 Å². The van der Waals surface area contributed by atoms with Gasteiger partial charge < -0.3 is 15.3 Å². The minimum atomic E-state index is -0.895. The standard InChI is InChI=1S/C18H24N2O3/c1-2-10-20-17(22)14-9-8-12(11-15(14)18(20)23)16(21)19-13-6-4-3-5-7-13/h8-9,11,13,17,22H,2-7,10H2,1H3,(H,19,21). The van der Waals surface area contributed by atoms with Crippen LogP contribution in [0.1, 0.15) is 78.0 Å². The number of amides is 2. The van der Waals surface area contributed by atoms with Gasteiger partial charge in [-0.15, -0.1) is 0 Å². The zero-order chi connectivity index (χ0) is 16.4. The first-order valence-corrected chi connectivity index (χ1v) is 8.55. The normalized spacial score (nSPS) is 21.4. The summed E-state index contributed by atoms with van der Waals surface area (Å²) in [6, 6.07) is 5.25. The van der Waals surface area contributed by atoms with Crippen LogP contribution in [0.25, 0.3) is 0 Å². The number of rotatable bonds is 4. The Morgan fingerprint density at radius 2 is 2.04 bits per heavy atom. The molecule has 1 aromatic rings. The van der Waals surface area contributed by atoms with Crippen molar-refractivity contribution in [1.82, 2.24) is 10.2 Å². The lowest BCUT2D eigenvalue weighted by atomic mass is 9.95. The second kappa shape index (κ2) is 6.71. The van der Waals surface area contributed by atoms with Crippen LogP contribution in [0.4, 0.5) is 0 Å². The monoisotopic (exact) mass is 316 g/mol. The lowest BCUT2D eigenvalue weighted by Gasteiger charge is -2.22. The van der Waals surface area contributed by atoms with Crippen LogP contribution < -0.4 is 5.32 Å². The molecule has 3 rings (SSSR count). The number of aliphatic hydroxyl groups excluding tert-OH is 1. The van der Waals surface area contributed by atoms with Crippen LogP contribution in [-0.4, -0.2) is 34.4 Å². The molecular formula is C18H24N2O3. The highest BCUT2D eigenvalue weighted by Gasteiger charge is 2.35. The average molecular weight is 316 g/mol. The summed E-state index contributed by atoms with van der Waals surface area (Å²) in [5.74, 6) is -0.322. The van der Waals surface area contributed by atoms with Gasteiger partial charge in [-0.1, -0.05) is 32.3 Å². The SMILES string of the molecule is CCCN1C(=O)c2cc(C(=O)NC3CCCCC3)ccc2C1O. The van der Waals surface area contributed by atoms with Crippen LogP contribution in [0.15, 0.2) is 18.2 Å². The van der Waals surface area contributed by atoms with Gasteiger partial charge in [-0.25, -0.2) is 0 Å². The Bertz CT molecular complexity index is 608. The molecule has 1 saturated carbocycles. The van der Waals surface area contributed by atoms with Crippen molar-refractivity contribution in [2.45, 2.75) is 57.7 Å². The van der Waals surface area contributed by atoms with Gasteiger partial charge in [-0.2, -0.15) is 0 Å². The molecule has 0 spiro atoms. The molecule has 1 aliphatic heterocycles. The van der Waals surface area contributed by atoms with E-state index in [2.05, 4.69) is 5.32 Å². The predicted octanol–water partition coefficient (Wildman–Crippen LogP) is 2.61. The molecule has 0 radical (unpaired) electrons. The van der Waals surface area contributed by atoms with Gasteiger partial charge in [-0.3, -0.25) is 9.59 Å². The minimum Gasteiger partial charge on any atom is -0.369 e. The number of carbonyl (C=O) groups excluding carboxylic acids is 2. The van der Waals surface area contributed by atoms with E-state index in [1.54, 1.807) is 18.2 Å². The van der Waals surface area contributed by atoms with Crippen molar-refractivity contribution in [2.75, 3.05) is 6.54 Å². The van der Waals surface area contributed by atoms with Gasteiger partial charge in [0.1, 0.15) is 0 Å². The van der Waals surface area contributed by atoms with Crippen LogP contribution in [0.2, 0.25) is 0 Å². The van der Waals surface area contributed by atoms with Crippen molar-refractivity contribution in [2.24, 2.45) is 0 Å². The van der Waals surface area contributed by atoms with Crippen LogP contribution in [0, 0.1) is 0 Å². The van der Waals surface area contributed by atoms with E-state index in [4.69, 9.17) is 0 Å². The topological polar surface area (TPSA) is 69.6 Å². The number of hydrogen-bond acceptors (Lipinski definition) is 3. The molecular weight excluding hydrogens is 292 g/mol. The highest BCUT2D eigenvalue weighted by molar-refractivity contribution is 6.02. The van der Waals surface area contributed by atoms with Gasteiger partial charge in [0.2, 0.25) is 0 Å². The molecule has 1 heterocycles. The fourth-order valence-electron chi connectivity index (χ4n) is 3.52. The maximum absolute atomic E-state index is 12.4. The van der Waals surface area contributed by atoms with Crippen LogP contribution in [-0.2, 0) is 0 Å². The molecule has 2 N–H and O–H groups in total. The van der Waals surface area contributed by atoms with E-state index in [0.717, 1.165) is 32.1 Å². The second-order valence-corrected chi connectivity index (χ2v) is 6.48. The van der Waals surface area contributed by atoms with E-state index in [1.807, 2.05) is 6.92 Å². The first-order chi connectivity index (χ1) is 11.1. The largest absolute Gasteiger partial charge is 0.369 e. The summed E-state index contributed by atoms with van der Waals surface area (Å²) in [6.07, 6.45) is 5.50. The van der Waals surface area contributed by atoms with Crippen LogP contribution in [0.3, 0.4) is 0 Å². The molecule has 1 fully saturated rings. The smallest absolute Gasteiger partial charge is 0.256 e. The van der Waals surface area contributed by atoms with Gasteiger partial charge in [0.05, 0.1) is 0 Å². The fraction of sp³-hybridized carbons (Fsp3) is 0.556.